The molecule has 0 aliphatic carbocycles. The second-order valence-corrected chi connectivity index (χ2v) is 4.69. The minimum atomic E-state index is -0.748. The number of carbonyl (C=O) groups is 1. The Morgan fingerprint density at radius 3 is 2.79 bits per heavy atom. The van der Waals surface area contributed by atoms with Crippen LogP contribution in [0.3, 0.4) is 0 Å². The SMILES string of the molecule is C[C@@H]1CNC[C@H]1C(=O)Nc1cc(F)cc([N+](=O)[O-])c1. The van der Waals surface area contributed by atoms with E-state index in [9.17, 15) is 19.3 Å². The molecule has 0 spiro atoms. The summed E-state index contributed by atoms with van der Waals surface area (Å²) in [6, 6.07) is 3.03. The molecular weight excluding hydrogens is 253 g/mol. The molecule has 0 bridgehead atoms. The Morgan fingerprint density at radius 1 is 1.47 bits per heavy atom. The molecule has 1 fully saturated rings. The van der Waals surface area contributed by atoms with Gasteiger partial charge in [-0.1, -0.05) is 6.92 Å². The number of carbonyl (C=O) groups excluding carboxylic acids is 1. The second kappa shape index (κ2) is 5.31. The van der Waals surface area contributed by atoms with Gasteiger partial charge in [0.2, 0.25) is 5.91 Å². The van der Waals surface area contributed by atoms with Crippen LogP contribution in [0.5, 0.6) is 0 Å². The number of anilines is 1. The van der Waals surface area contributed by atoms with Gasteiger partial charge in [0.05, 0.1) is 22.6 Å². The van der Waals surface area contributed by atoms with E-state index in [0.717, 1.165) is 24.7 Å². The highest BCUT2D eigenvalue weighted by Gasteiger charge is 2.29. The van der Waals surface area contributed by atoms with Crippen molar-refractivity contribution in [3.05, 3.63) is 34.1 Å². The monoisotopic (exact) mass is 267 g/mol. The fraction of sp³-hybridized carbons (Fsp3) is 0.417. The normalized spacial score (nSPS) is 22.2. The average Bonchev–Trinajstić information content (AvgIpc) is 2.74. The number of nitrogens with zero attached hydrogens (tertiary/aromatic N) is 1. The second-order valence-electron chi connectivity index (χ2n) is 4.69. The van der Waals surface area contributed by atoms with Gasteiger partial charge >= 0.3 is 0 Å². The van der Waals surface area contributed by atoms with Gasteiger partial charge in [-0.3, -0.25) is 14.9 Å². The molecular formula is C12H14FN3O3. The predicted molar refractivity (Wildman–Crippen MR) is 67.2 cm³/mol. The summed E-state index contributed by atoms with van der Waals surface area (Å²) < 4.78 is 13.2. The van der Waals surface area contributed by atoms with E-state index in [2.05, 4.69) is 10.6 Å². The van der Waals surface area contributed by atoms with Gasteiger partial charge in [-0.2, -0.15) is 0 Å². The molecule has 1 aromatic rings. The van der Waals surface area contributed by atoms with Gasteiger partial charge < -0.3 is 10.6 Å². The molecule has 1 aromatic carbocycles. The standard InChI is InChI=1S/C12H14FN3O3/c1-7-5-14-6-11(7)12(17)15-9-2-8(13)3-10(4-9)16(18)19/h2-4,7,11,14H,5-6H2,1H3,(H,15,17)/t7-,11-/m1/s1. The zero-order chi connectivity index (χ0) is 14.0. The van der Waals surface area contributed by atoms with Gasteiger partial charge in [0.1, 0.15) is 5.82 Å². The van der Waals surface area contributed by atoms with Crippen LogP contribution < -0.4 is 10.6 Å². The minimum Gasteiger partial charge on any atom is -0.325 e. The minimum absolute atomic E-state index is 0.107. The Bertz CT molecular complexity index is 521. The third kappa shape index (κ3) is 3.05. The summed E-state index contributed by atoms with van der Waals surface area (Å²) in [7, 11) is 0. The van der Waals surface area contributed by atoms with Crippen LogP contribution in [0.1, 0.15) is 6.92 Å². The molecule has 2 rings (SSSR count). The fourth-order valence-electron chi connectivity index (χ4n) is 2.15. The number of nitrogens with one attached hydrogen (secondary N) is 2. The fourth-order valence-corrected chi connectivity index (χ4v) is 2.15. The predicted octanol–water partition coefficient (Wildman–Crippen LogP) is 1.53. The maximum atomic E-state index is 13.2. The number of hydrogen-bond acceptors (Lipinski definition) is 4. The largest absolute Gasteiger partial charge is 0.325 e. The molecule has 0 saturated carbocycles. The molecule has 1 heterocycles. The lowest BCUT2D eigenvalue weighted by atomic mass is 9.97. The van der Waals surface area contributed by atoms with Gasteiger partial charge in [0.25, 0.3) is 5.69 Å². The first-order valence-electron chi connectivity index (χ1n) is 5.94. The molecule has 6 nitrogen and oxygen atoms in total. The van der Waals surface area contributed by atoms with Crippen LogP contribution in [0.4, 0.5) is 15.8 Å². The first-order chi connectivity index (χ1) is 8.97. The maximum Gasteiger partial charge on any atom is 0.274 e. The van der Waals surface area contributed by atoms with Crippen molar-refractivity contribution in [1.82, 2.24) is 5.32 Å². The van der Waals surface area contributed by atoms with Crippen LogP contribution in [-0.4, -0.2) is 23.9 Å². The highest BCUT2D eigenvalue weighted by atomic mass is 19.1. The third-order valence-electron chi connectivity index (χ3n) is 3.22. The average molecular weight is 267 g/mol. The van der Waals surface area contributed by atoms with Crippen molar-refractivity contribution < 1.29 is 14.1 Å². The van der Waals surface area contributed by atoms with Crippen molar-refractivity contribution in [2.45, 2.75) is 6.92 Å². The van der Waals surface area contributed by atoms with E-state index in [-0.39, 0.29) is 29.1 Å². The van der Waals surface area contributed by atoms with E-state index >= 15 is 0 Å². The zero-order valence-electron chi connectivity index (χ0n) is 10.4. The molecule has 0 unspecified atom stereocenters. The molecule has 0 aromatic heterocycles. The maximum absolute atomic E-state index is 13.2. The lowest BCUT2D eigenvalue weighted by molar-refractivity contribution is -0.385. The van der Waals surface area contributed by atoms with Crippen molar-refractivity contribution in [3.63, 3.8) is 0 Å². The number of hydrogen-bond donors (Lipinski definition) is 2. The van der Waals surface area contributed by atoms with Gasteiger partial charge in [-0.05, 0) is 18.5 Å². The molecule has 1 saturated heterocycles. The summed E-state index contributed by atoms with van der Waals surface area (Å²) in [6.45, 7) is 3.25. The Hall–Kier alpha value is -2.02. The molecule has 0 radical (unpaired) electrons. The topological polar surface area (TPSA) is 84.3 Å². The van der Waals surface area contributed by atoms with E-state index < -0.39 is 10.7 Å². The van der Waals surface area contributed by atoms with Crippen molar-refractivity contribution in [2.75, 3.05) is 18.4 Å². The number of halogens is 1. The highest BCUT2D eigenvalue weighted by molar-refractivity contribution is 5.93. The zero-order valence-corrected chi connectivity index (χ0v) is 10.4. The molecule has 1 aliphatic heterocycles. The molecule has 2 atom stereocenters. The molecule has 1 amide bonds. The summed E-state index contributed by atoms with van der Waals surface area (Å²) in [5.74, 6) is -1.02. The van der Waals surface area contributed by atoms with Crippen LogP contribution in [0, 0.1) is 27.8 Å². The number of benzene rings is 1. The Labute approximate surface area is 109 Å². The van der Waals surface area contributed by atoms with E-state index in [1.165, 1.54) is 0 Å². The van der Waals surface area contributed by atoms with Crippen molar-refractivity contribution >= 4 is 17.3 Å². The van der Waals surface area contributed by atoms with E-state index in [4.69, 9.17) is 0 Å². The Balaban J connectivity index is 2.14. The number of nitro groups is 1. The number of non-ortho nitro benzene ring substituents is 1. The Kier molecular flexibility index (Phi) is 3.75. The van der Waals surface area contributed by atoms with Crippen molar-refractivity contribution in [1.29, 1.82) is 0 Å². The van der Waals surface area contributed by atoms with E-state index in [1.807, 2.05) is 6.92 Å². The van der Waals surface area contributed by atoms with Gasteiger partial charge in [0.15, 0.2) is 0 Å². The summed E-state index contributed by atoms with van der Waals surface area (Å²) in [5.41, 5.74) is -0.274. The summed E-state index contributed by atoms with van der Waals surface area (Å²) in [6.07, 6.45) is 0. The number of amides is 1. The van der Waals surface area contributed by atoms with Gasteiger partial charge in [0, 0.05) is 12.6 Å². The highest BCUT2D eigenvalue weighted by Crippen LogP contribution is 2.22. The van der Waals surface area contributed by atoms with Crippen molar-refractivity contribution in [3.8, 4) is 0 Å². The summed E-state index contributed by atoms with van der Waals surface area (Å²) in [4.78, 5) is 21.9. The molecule has 7 heteroatoms. The smallest absolute Gasteiger partial charge is 0.274 e. The van der Waals surface area contributed by atoms with E-state index in [0.29, 0.717) is 6.54 Å². The summed E-state index contributed by atoms with van der Waals surface area (Å²) in [5, 5.41) is 16.2. The first kappa shape index (κ1) is 13.4. The summed E-state index contributed by atoms with van der Waals surface area (Å²) >= 11 is 0. The van der Waals surface area contributed by atoms with Crippen LogP contribution in [0.2, 0.25) is 0 Å². The van der Waals surface area contributed by atoms with Crippen LogP contribution in [0.15, 0.2) is 18.2 Å². The van der Waals surface area contributed by atoms with Crippen LogP contribution in [-0.2, 0) is 4.79 Å². The van der Waals surface area contributed by atoms with E-state index in [1.54, 1.807) is 0 Å². The van der Waals surface area contributed by atoms with Gasteiger partial charge in [-0.25, -0.2) is 4.39 Å². The third-order valence-corrected chi connectivity index (χ3v) is 3.22. The molecule has 1 aliphatic rings. The van der Waals surface area contributed by atoms with Gasteiger partial charge in [-0.15, -0.1) is 0 Å². The molecule has 102 valence electrons. The Morgan fingerprint density at radius 2 is 2.21 bits per heavy atom. The first-order valence-corrected chi connectivity index (χ1v) is 5.94. The lowest BCUT2D eigenvalue weighted by Gasteiger charge is -2.14. The lowest BCUT2D eigenvalue weighted by Crippen LogP contribution is -2.27. The number of rotatable bonds is 3. The van der Waals surface area contributed by atoms with Crippen LogP contribution in [0.25, 0.3) is 0 Å². The number of nitro benzene ring substituents is 1. The quantitative estimate of drug-likeness (QED) is 0.642. The molecule has 2 N–H and O–H groups in total. The molecule has 19 heavy (non-hydrogen) atoms. The van der Waals surface area contributed by atoms with Crippen molar-refractivity contribution in [2.24, 2.45) is 11.8 Å². The van der Waals surface area contributed by atoms with Crippen LogP contribution >= 0.6 is 0 Å².